The number of aromatic amines is 1. The van der Waals surface area contributed by atoms with E-state index in [0.29, 0.717) is 56.2 Å². The molecule has 0 unspecified atom stereocenters. The molecular weight excluding hydrogens is 550 g/mol. The summed E-state index contributed by atoms with van der Waals surface area (Å²) >= 11 is 0. The number of amides is 1. The molecule has 2 aliphatic heterocycles. The number of ether oxygens (including phenoxy) is 1. The van der Waals surface area contributed by atoms with Crippen LogP contribution in [0.3, 0.4) is 0 Å². The Morgan fingerprint density at radius 1 is 1.15 bits per heavy atom. The van der Waals surface area contributed by atoms with Crippen molar-refractivity contribution in [3.63, 3.8) is 0 Å². The van der Waals surface area contributed by atoms with Gasteiger partial charge in [0, 0.05) is 49.4 Å². The average Bonchev–Trinajstić information content (AvgIpc) is 3.29. The average molecular weight is 589 g/mol. The van der Waals surface area contributed by atoms with Gasteiger partial charge in [-0.25, -0.2) is 0 Å². The Morgan fingerprint density at radius 3 is 2.61 bits per heavy atom. The minimum Gasteiger partial charge on any atom is -0.381 e. The number of piperidine rings is 1. The molecule has 0 spiro atoms. The number of H-pyrrole nitrogens is 1. The molecule has 41 heavy (non-hydrogen) atoms. The largest absolute Gasteiger partial charge is 0.416 e. The minimum atomic E-state index is -4.40. The molecule has 1 aromatic heterocycles. The summed E-state index contributed by atoms with van der Waals surface area (Å²) in [4.78, 5) is 19.0. The van der Waals surface area contributed by atoms with E-state index >= 15 is 0 Å². The predicted molar refractivity (Wildman–Crippen MR) is 142 cm³/mol. The fourth-order valence-corrected chi connectivity index (χ4v) is 7.13. The molecule has 0 bridgehead atoms. The van der Waals surface area contributed by atoms with Crippen LogP contribution in [0, 0.1) is 17.3 Å². The molecule has 1 aromatic carbocycles. The number of carbonyl (C=O) groups excluding carboxylic acids is 1. The second-order valence-electron chi connectivity index (χ2n) is 12.0. The van der Waals surface area contributed by atoms with Gasteiger partial charge in [0.1, 0.15) is 0 Å². The Kier molecular flexibility index (Phi) is 8.65. The predicted octanol–water partition coefficient (Wildman–Crippen LogP) is 5.24. The van der Waals surface area contributed by atoms with Gasteiger partial charge in [0.15, 0.2) is 0 Å². The highest BCUT2D eigenvalue weighted by molar-refractivity contribution is 5.86. The molecule has 0 saturated carbocycles. The molecule has 1 aliphatic carbocycles. The van der Waals surface area contributed by atoms with Crippen molar-refractivity contribution < 1.29 is 35.9 Å². The molecule has 12 heteroatoms. The Balaban J connectivity index is 1.23. The van der Waals surface area contributed by atoms with Crippen molar-refractivity contribution in [3.05, 3.63) is 35.0 Å². The molecule has 3 N–H and O–H groups in total. The highest BCUT2D eigenvalue weighted by Gasteiger charge is 2.43. The molecule has 3 heterocycles. The summed E-state index contributed by atoms with van der Waals surface area (Å²) in [5.41, 5.74) is 1.52. The van der Waals surface area contributed by atoms with E-state index in [1.165, 1.54) is 12.1 Å². The SMILES string of the molecule is C[C@H]1c2c([nH]c3ccc(C(F)(F)F)cc23)C[C@H]2CCN(CCC3(C(=O)NCCNCC(F)(F)F)CCOCC3)C[C@@H]21. The quantitative estimate of drug-likeness (QED) is 0.292. The van der Waals surface area contributed by atoms with Crippen molar-refractivity contribution in [1.82, 2.24) is 20.5 Å². The van der Waals surface area contributed by atoms with Crippen molar-refractivity contribution in [3.8, 4) is 0 Å². The summed E-state index contributed by atoms with van der Waals surface area (Å²) in [5, 5.41) is 5.79. The van der Waals surface area contributed by atoms with E-state index in [0.717, 1.165) is 48.8 Å². The first kappa shape index (κ1) is 30.2. The number of halogens is 6. The van der Waals surface area contributed by atoms with Crippen LogP contribution in [-0.4, -0.2) is 74.4 Å². The molecule has 3 aliphatic rings. The number of nitrogens with zero attached hydrogens (tertiary/aromatic N) is 1. The van der Waals surface area contributed by atoms with Gasteiger partial charge in [-0.15, -0.1) is 0 Å². The highest BCUT2D eigenvalue weighted by Crippen LogP contribution is 2.47. The van der Waals surface area contributed by atoms with Crippen LogP contribution in [0.15, 0.2) is 18.2 Å². The monoisotopic (exact) mass is 588 g/mol. The number of hydrogen-bond donors (Lipinski definition) is 3. The molecule has 1 amide bonds. The molecule has 0 radical (unpaired) electrons. The number of hydrogen-bond acceptors (Lipinski definition) is 4. The van der Waals surface area contributed by atoms with E-state index < -0.39 is 29.9 Å². The Bertz CT molecular complexity index is 1220. The van der Waals surface area contributed by atoms with Gasteiger partial charge < -0.3 is 25.3 Å². The smallest absolute Gasteiger partial charge is 0.381 e. The van der Waals surface area contributed by atoms with Gasteiger partial charge in [0.05, 0.1) is 17.5 Å². The first-order valence-corrected chi connectivity index (χ1v) is 14.4. The maximum atomic E-state index is 13.4. The lowest BCUT2D eigenvalue weighted by Crippen LogP contribution is -2.50. The van der Waals surface area contributed by atoms with Crippen LogP contribution in [0.25, 0.3) is 10.9 Å². The number of aromatic nitrogens is 1. The molecule has 2 fully saturated rings. The minimum absolute atomic E-state index is 0.0329. The van der Waals surface area contributed by atoms with Crippen LogP contribution in [0.4, 0.5) is 26.3 Å². The van der Waals surface area contributed by atoms with E-state index in [2.05, 4.69) is 27.4 Å². The standard InChI is InChI=1S/C29H38F6N4O2/c1-18-22-16-39(11-5-27(6-12-41-13-7-27)26(40)37-9-8-36-17-28(30,31)32)10-4-19(22)14-24-25(18)21-15-20(29(33,34)35)2-3-23(21)38-24/h2-3,15,18-19,22,36,38H,4-14,16-17H2,1H3,(H,37,40)/t18-,19-,22-/m1/s1. The lowest BCUT2D eigenvalue weighted by molar-refractivity contribution is -0.138. The summed E-state index contributed by atoms with van der Waals surface area (Å²) in [7, 11) is 0. The third-order valence-electron chi connectivity index (χ3n) is 9.45. The van der Waals surface area contributed by atoms with Gasteiger partial charge in [0.25, 0.3) is 0 Å². The number of rotatable bonds is 8. The fraction of sp³-hybridized carbons (Fsp3) is 0.690. The molecule has 3 atom stereocenters. The third-order valence-corrected chi connectivity index (χ3v) is 9.45. The number of nitrogens with one attached hydrogen (secondary N) is 3. The van der Waals surface area contributed by atoms with Gasteiger partial charge >= 0.3 is 12.4 Å². The third kappa shape index (κ3) is 6.69. The first-order valence-electron chi connectivity index (χ1n) is 14.4. The zero-order chi connectivity index (χ0) is 29.4. The van der Waals surface area contributed by atoms with Crippen molar-refractivity contribution in [2.45, 2.75) is 57.3 Å². The number of carbonyl (C=O) groups is 1. The van der Waals surface area contributed by atoms with Gasteiger partial charge in [-0.1, -0.05) is 6.92 Å². The van der Waals surface area contributed by atoms with E-state index in [1.54, 1.807) is 0 Å². The van der Waals surface area contributed by atoms with Crippen LogP contribution in [-0.2, 0) is 22.1 Å². The van der Waals surface area contributed by atoms with Crippen LogP contribution in [0.5, 0.6) is 0 Å². The summed E-state index contributed by atoms with van der Waals surface area (Å²) in [5.74, 6) is 0.685. The lowest BCUT2D eigenvalue weighted by atomic mass is 9.68. The van der Waals surface area contributed by atoms with Crippen molar-refractivity contribution >= 4 is 16.8 Å². The second-order valence-corrected chi connectivity index (χ2v) is 12.0. The molecule has 2 saturated heterocycles. The van der Waals surface area contributed by atoms with E-state index in [9.17, 15) is 31.1 Å². The molecule has 5 rings (SSSR count). The van der Waals surface area contributed by atoms with Crippen molar-refractivity contribution in [1.29, 1.82) is 0 Å². The van der Waals surface area contributed by atoms with Gasteiger partial charge in [-0.05, 0) is 86.7 Å². The second kappa shape index (κ2) is 11.8. The summed E-state index contributed by atoms with van der Waals surface area (Å²) in [6.45, 7) is 4.50. The molecular formula is C29H38F6N4O2. The summed E-state index contributed by atoms with van der Waals surface area (Å²) in [6.07, 6.45) is -5.15. The maximum Gasteiger partial charge on any atom is 0.416 e. The van der Waals surface area contributed by atoms with Gasteiger partial charge in [-0.2, -0.15) is 26.3 Å². The Labute approximate surface area is 235 Å². The zero-order valence-corrected chi connectivity index (χ0v) is 23.2. The first-order chi connectivity index (χ1) is 19.4. The topological polar surface area (TPSA) is 69.4 Å². The van der Waals surface area contributed by atoms with E-state index in [1.807, 2.05) is 0 Å². The van der Waals surface area contributed by atoms with Crippen LogP contribution >= 0.6 is 0 Å². The van der Waals surface area contributed by atoms with Crippen LogP contribution in [0.1, 0.15) is 55.3 Å². The highest BCUT2D eigenvalue weighted by atomic mass is 19.4. The van der Waals surface area contributed by atoms with Crippen LogP contribution < -0.4 is 10.6 Å². The summed E-state index contributed by atoms with van der Waals surface area (Å²) < 4.78 is 83.0. The molecule has 2 aromatic rings. The number of likely N-dealkylation sites (tertiary alicyclic amines) is 1. The number of alkyl halides is 6. The lowest BCUT2D eigenvalue weighted by Gasteiger charge is -2.45. The Morgan fingerprint density at radius 2 is 1.90 bits per heavy atom. The Hall–Kier alpha value is -2.31. The van der Waals surface area contributed by atoms with Crippen molar-refractivity contribution in [2.75, 3.05) is 52.5 Å². The molecule has 6 nitrogen and oxygen atoms in total. The summed E-state index contributed by atoms with van der Waals surface area (Å²) in [6, 6.07) is 3.93. The number of fused-ring (bicyclic) bond motifs is 4. The van der Waals surface area contributed by atoms with Crippen LogP contribution in [0.2, 0.25) is 0 Å². The normalized spacial score (nSPS) is 25.1. The van der Waals surface area contributed by atoms with Gasteiger partial charge in [0.2, 0.25) is 5.91 Å². The zero-order valence-electron chi connectivity index (χ0n) is 23.2. The van der Waals surface area contributed by atoms with Gasteiger partial charge in [-0.3, -0.25) is 4.79 Å². The number of benzene rings is 1. The molecule has 228 valence electrons. The van der Waals surface area contributed by atoms with E-state index in [-0.39, 0.29) is 24.9 Å². The van der Waals surface area contributed by atoms with E-state index in [4.69, 9.17) is 4.74 Å². The van der Waals surface area contributed by atoms with Crippen molar-refractivity contribution in [2.24, 2.45) is 17.3 Å². The fourth-order valence-electron chi connectivity index (χ4n) is 7.13. The maximum absolute atomic E-state index is 13.4.